The van der Waals surface area contributed by atoms with Crippen LogP contribution in [0, 0.1) is 0 Å². The van der Waals surface area contributed by atoms with Crippen LogP contribution in [0.15, 0.2) is 18.2 Å². The number of benzene rings is 1. The number of ether oxygens (including phenoxy) is 3. The van der Waals surface area contributed by atoms with Crippen LogP contribution in [0.3, 0.4) is 0 Å². The Morgan fingerprint density at radius 2 is 2.09 bits per heavy atom. The van der Waals surface area contributed by atoms with E-state index in [1.165, 1.54) is 12.0 Å². The minimum atomic E-state index is -0.342. The highest BCUT2D eigenvalue weighted by Crippen LogP contribution is 2.29. The van der Waals surface area contributed by atoms with Crippen molar-refractivity contribution in [2.75, 3.05) is 33.1 Å². The summed E-state index contributed by atoms with van der Waals surface area (Å²) in [6.07, 6.45) is 0.203. The van der Waals surface area contributed by atoms with Crippen LogP contribution in [-0.2, 0) is 9.53 Å². The van der Waals surface area contributed by atoms with Crippen LogP contribution >= 0.6 is 0 Å². The lowest BCUT2D eigenvalue weighted by atomic mass is 10.2. The molecule has 0 bridgehead atoms. The third-order valence-electron chi connectivity index (χ3n) is 3.42. The van der Waals surface area contributed by atoms with Gasteiger partial charge in [-0.3, -0.25) is 4.79 Å². The van der Waals surface area contributed by atoms with Gasteiger partial charge >= 0.3 is 6.09 Å². The largest absolute Gasteiger partial charge is 0.493 e. The van der Waals surface area contributed by atoms with Crippen LogP contribution < -0.4 is 14.8 Å². The highest BCUT2D eigenvalue weighted by molar-refractivity contribution is 5.91. The Hall–Kier alpha value is -2.44. The van der Waals surface area contributed by atoms with Crippen LogP contribution in [0.1, 0.15) is 12.8 Å². The zero-order valence-corrected chi connectivity index (χ0v) is 12.9. The van der Waals surface area contributed by atoms with Gasteiger partial charge in [-0.2, -0.15) is 0 Å². The molecule has 0 aliphatic carbocycles. The number of anilines is 1. The summed E-state index contributed by atoms with van der Waals surface area (Å²) in [6.45, 7) is 0.516. The van der Waals surface area contributed by atoms with Crippen molar-refractivity contribution in [3.63, 3.8) is 0 Å². The van der Waals surface area contributed by atoms with E-state index in [0.717, 1.165) is 0 Å². The second-order valence-electron chi connectivity index (χ2n) is 5.04. The molecule has 1 aromatic rings. The van der Waals surface area contributed by atoms with Crippen molar-refractivity contribution < 1.29 is 23.8 Å². The Labute approximate surface area is 129 Å². The van der Waals surface area contributed by atoms with E-state index in [0.29, 0.717) is 30.2 Å². The van der Waals surface area contributed by atoms with Crippen molar-refractivity contribution in [1.29, 1.82) is 0 Å². The molecule has 1 N–H and O–H groups in total. The summed E-state index contributed by atoms with van der Waals surface area (Å²) < 4.78 is 15.4. The molecule has 7 nitrogen and oxygen atoms in total. The van der Waals surface area contributed by atoms with Gasteiger partial charge in [0.05, 0.1) is 20.8 Å². The predicted molar refractivity (Wildman–Crippen MR) is 80.3 cm³/mol. The monoisotopic (exact) mass is 308 g/mol. The van der Waals surface area contributed by atoms with E-state index >= 15 is 0 Å². The van der Waals surface area contributed by atoms with E-state index in [2.05, 4.69) is 5.32 Å². The average Bonchev–Trinajstić information content (AvgIpc) is 2.83. The third-order valence-corrected chi connectivity index (χ3v) is 3.42. The molecule has 1 fully saturated rings. The van der Waals surface area contributed by atoms with Crippen molar-refractivity contribution in [2.45, 2.75) is 18.9 Å². The fourth-order valence-electron chi connectivity index (χ4n) is 2.23. The third kappa shape index (κ3) is 3.81. The first kappa shape index (κ1) is 15.9. The Kier molecular flexibility index (Phi) is 5.08. The van der Waals surface area contributed by atoms with Gasteiger partial charge in [0.25, 0.3) is 0 Å². The first-order valence-electron chi connectivity index (χ1n) is 6.97. The average molecular weight is 308 g/mol. The second-order valence-corrected chi connectivity index (χ2v) is 5.04. The van der Waals surface area contributed by atoms with Gasteiger partial charge in [0.1, 0.15) is 6.10 Å². The van der Waals surface area contributed by atoms with E-state index in [-0.39, 0.29) is 24.5 Å². The van der Waals surface area contributed by atoms with Gasteiger partial charge in [0.15, 0.2) is 11.5 Å². The molecule has 2 rings (SSSR count). The van der Waals surface area contributed by atoms with Crippen LogP contribution in [0.4, 0.5) is 10.5 Å². The molecule has 2 amide bonds. The molecule has 1 aliphatic heterocycles. The van der Waals surface area contributed by atoms with E-state index < -0.39 is 0 Å². The summed E-state index contributed by atoms with van der Waals surface area (Å²) in [5, 5.41) is 2.79. The SMILES string of the molecule is COc1ccc(NC(=O)CCC2CN(C)C(=O)O2)cc1OC. The van der Waals surface area contributed by atoms with Gasteiger partial charge in [-0.15, -0.1) is 0 Å². The summed E-state index contributed by atoms with van der Waals surface area (Å²) in [7, 11) is 4.76. The maximum absolute atomic E-state index is 11.9. The second kappa shape index (κ2) is 7.02. The molecule has 22 heavy (non-hydrogen) atoms. The topological polar surface area (TPSA) is 77.1 Å². The zero-order chi connectivity index (χ0) is 16.1. The predicted octanol–water partition coefficient (Wildman–Crippen LogP) is 1.87. The zero-order valence-electron chi connectivity index (χ0n) is 12.9. The molecule has 0 saturated carbocycles. The minimum Gasteiger partial charge on any atom is -0.493 e. The normalized spacial score (nSPS) is 17.1. The van der Waals surface area contributed by atoms with Crippen molar-refractivity contribution in [2.24, 2.45) is 0 Å². The number of amides is 2. The van der Waals surface area contributed by atoms with Crippen LogP contribution in [0.2, 0.25) is 0 Å². The van der Waals surface area contributed by atoms with Gasteiger partial charge in [0.2, 0.25) is 5.91 Å². The Morgan fingerprint density at radius 1 is 1.36 bits per heavy atom. The van der Waals surface area contributed by atoms with Gasteiger partial charge < -0.3 is 24.4 Å². The molecule has 1 atom stereocenters. The maximum atomic E-state index is 11.9. The van der Waals surface area contributed by atoms with E-state index in [1.54, 1.807) is 32.4 Å². The molecular formula is C15H20N2O5. The Bertz CT molecular complexity index is 561. The molecule has 0 aromatic heterocycles. The lowest BCUT2D eigenvalue weighted by Crippen LogP contribution is -2.20. The number of likely N-dealkylation sites (N-methyl/N-ethyl adjacent to an activating group) is 1. The fourth-order valence-corrected chi connectivity index (χ4v) is 2.23. The first-order valence-corrected chi connectivity index (χ1v) is 6.97. The van der Waals surface area contributed by atoms with Crippen LogP contribution in [-0.4, -0.2) is 50.8 Å². The molecule has 0 radical (unpaired) electrons. The summed E-state index contributed by atoms with van der Waals surface area (Å²) >= 11 is 0. The standard InChI is InChI=1S/C15H20N2O5/c1-17-9-11(22-15(17)19)5-7-14(18)16-10-4-6-12(20-2)13(8-10)21-3/h4,6,8,11H,5,7,9H2,1-3H3,(H,16,18). The highest BCUT2D eigenvalue weighted by atomic mass is 16.6. The quantitative estimate of drug-likeness (QED) is 0.868. The van der Waals surface area contributed by atoms with Crippen molar-refractivity contribution in [3.8, 4) is 11.5 Å². The number of carbonyl (C=O) groups is 2. The molecule has 120 valence electrons. The molecule has 1 aromatic carbocycles. The van der Waals surface area contributed by atoms with Gasteiger partial charge in [-0.25, -0.2) is 4.79 Å². The lowest BCUT2D eigenvalue weighted by Gasteiger charge is -2.11. The van der Waals surface area contributed by atoms with Gasteiger partial charge in [-0.1, -0.05) is 0 Å². The molecule has 7 heteroatoms. The maximum Gasteiger partial charge on any atom is 0.409 e. The molecule has 1 heterocycles. The van der Waals surface area contributed by atoms with Crippen molar-refractivity contribution in [3.05, 3.63) is 18.2 Å². The van der Waals surface area contributed by atoms with Crippen molar-refractivity contribution in [1.82, 2.24) is 4.90 Å². The summed E-state index contributed by atoms with van der Waals surface area (Å²) in [6, 6.07) is 5.16. The van der Waals surface area contributed by atoms with Crippen LogP contribution in [0.25, 0.3) is 0 Å². The summed E-state index contributed by atoms with van der Waals surface area (Å²) in [4.78, 5) is 24.7. The lowest BCUT2D eigenvalue weighted by molar-refractivity contribution is -0.116. The van der Waals surface area contributed by atoms with Crippen molar-refractivity contribution >= 4 is 17.7 Å². The molecule has 1 aliphatic rings. The summed E-state index contributed by atoms with van der Waals surface area (Å²) in [5.41, 5.74) is 0.628. The molecular weight excluding hydrogens is 288 g/mol. The molecule has 0 spiro atoms. The number of nitrogens with zero attached hydrogens (tertiary/aromatic N) is 1. The number of methoxy groups -OCH3 is 2. The minimum absolute atomic E-state index is 0.141. The number of hydrogen-bond acceptors (Lipinski definition) is 5. The number of nitrogens with one attached hydrogen (secondary N) is 1. The summed E-state index contributed by atoms with van der Waals surface area (Å²) in [5.74, 6) is 1.01. The van der Waals surface area contributed by atoms with E-state index in [9.17, 15) is 9.59 Å². The highest BCUT2D eigenvalue weighted by Gasteiger charge is 2.28. The van der Waals surface area contributed by atoms with Crippen LogP contribution in [0.5, 0.6) is 11.5 Å². The first-order chi connectivity index (χ1) is 10.5. The fraction of sp³-hybridized carbons (Fsp3) is 0.467. The number of rotatable bonds is 6. The van der Waals surface area contributed by atoms with Gasteiger partial charge in [0, 0.05) is 25.2 Å². The Balaban J connectivity index is 1.86. The number of carbonyl (C=O) groups excluding carboxylic acids is 2. The molecule has 1 saturated heterocycles. The van der Waals surface area contributed by atoms with E-state index in [4.69, 9.17) is 14.2 Å². The Morgan fingerprint density at radius 3 is 2.68 bits per heavy atom. The molecule has 1 unspecified atom stereocenters. The number of cyclic esters (lactones) is 1. The number of hydrogen-bond donors (Lipinski definition) is 1. The van der Waals surface area contributed by atoms with E-state index in [1.807, 2.05) is 0 Å². The smallest absolute Gasteiger partial charge is 0.409 e. The van der Waals surface area contributed by atoms with Gasteiger partial charge in [-0.05, 0) is 18.6 Å².